The lowest BCUT2D eigenvalue weighted by molar-refractivity contribution is -0.140. The third-order valence-corrected chi connectivity index (χ3v) is 1.81. The van der Waals surface area contributed by atoms with Crippen molar-refractivity contribution >= 4 is 5.97 Å². The molecule has 0 saturated carbocycles. The van der Waals surface area contributed by atoms with E-state index < -0.39 is 0 Å². The summed E-state index contributed by atoms with van der Waals surface area (Å²) in [5, 5.41) is 0. The maximum absolute atomic E-state index is 11.0. The SMILES string of the molecule is CCC1OC(=O)C(C)=C1OC. The molecule has 1 heterocycles. The van der Waals surface area contributed by atoms with Gasteiger partial charge in [-0.3, -0.25) is 0 Å². The van der Waals surface area contributed by atoms with E-state index >= 15 is 0 Å². The molecular weight excluding hydrogens is 144 g/mol. The number of carbonyl (C=O) groups is 1. The van der Waals surface area contributed by atoms with Gasteiger partial charge < -0.3 is 9.47 Å². The zero-order valence-electron chi connectivity index (χ0n) is 7.01. The van der Waals surface area contributed by atoms with Crippen molar-refractivity contribution in [1.82, 2.24) is 0 Å². The minimum atomic E-state index is -0.256. The van der Waals surface area contributed by atoms with E-state index in [0.29, 0.717) is 11.3 Å². The van der Waals surface area contributed by atoms with Crippen LogP contribution in [0, 0.1) is 0 Å². The van der Waals surface area contributed by atoms with Crippen LogP contribution in [-0.2, 0) is 14.3 Å². The smallest absolute Gasteiger partial charge is 0.338 e. The van der Waals surface area contributed by atoms with Gasteiger partial charge in [0.2, 0.25) is 0 Å². The van der Waals surface area contributed by atoms with Crippen molar-refractivity contribution in [2.24, 2.45) is 0 Å². The van der Waals surface area contributed by atoms with Gasteiger partial charge in [0.05, 0.1) is 12.7 Å². The number of ether oxygens (including phenoxy) is 2. The van der Waals surface area contributed by atoms with E-state index in [2.05, 4.69) is 0 Å². The van der Waals surface area contributed by atoms with Gasteiger partial charge >= 0.3 is 5.97 Å². The molecule has 0 radical (unpaired) electrons. The van der Waals surface area contributed by atoms with Crippen molar-refractivity contribution in [3.63, 3.8) is 0 Å². The van der Waals surface area contributed by atoms with Crippen LogP contribution in [0.15, 0.2) is 11.3 Å². The Bertz CT molecular complexity index is 205. The Morgan fingerprint density at radius 1 is 1.64 bits per heavy atom. The molecule has 0 aromatic heterocycles. The Hall–Kier alpha value is -0.990. The Kier molecular flexibility index (Phi) is 2.17. The molecule has 0 spiro atoms. The molecule has 11 heavy (non-hydrogen) atoms. The molecule has 62 valence electrons. The standard InChI is InChI=1S/C8H12O3/c1-4-6-7(10-3)5(2)8(9)11-6/h6H,4H2,1-3H3. The van der Waals surface area contributed by atoms with Gasteiger partial charge in [-0.2, -0.15) is 0 Å². The number of carbonyl (C=O) groups excluding carboxylic acids is 1. The first-order valence-electron chi connectivity index (χ1n) is 3.66. The Labute approximate surface area is 66.0 Å². The first kappa shape index (κ1) is 8.11. The molecule has 0 bridgehead atoms. The van der Waals surface area contributed by atoms with Gasteiger partial charge in [0.25, 0.3) is 0 Å². The van der Waals surface area contributed by atoms with Crippen LogP contribution in [0.2, 0.25) is 0 Å². The zero-order chi connectivity index (χ0) is 8.43. The number of rotatable bonds is 2. The lowest BCUT2D eigenvalue weighted by atomic mass is 10.2. The summed E-state index contributed by atoms with van der Waals surface area (Å²) in [5.41, 5.74) is 0.597. The summed E-state index contributed by atoms with van der Waals surface area (Å²) in [6.45, 7) is 3.67. The van der Waals surface area contributed by atoms with Crippen molar-refractivity contribution in [3.05, 3.63) is 11.3 Å². The highest BCUT2D eigenvalue weighted by Gasteiger charge is 2.30. The number of hydrogen-bond acceptors (Lipinski definition) is 3. The van der Waals surface area contributed by atoms with Crippen molar-refractivity contribution < 1.29 is 14.3 Å². The van der Waals surface area contributed by atoms with E-state index in [9.17, 15) is 4.79 Å². The topological polar surface area (TPSA) is 35.5 Å². The molecule has 1 aliphatic rings. The van der Waals surface area contributed by atoms with Crippen molar-refractivity contribution in [1.29, 1.82) is 0 Å². The largest absolute Gasteiger partial charge is 0.497 e. The molecule has 0 aromatic rings. The highest BCUT2D eigenvalue weighted by molar-refractivity contribution is 5.91. The van der Waals surface area contributed by atoms with Crippen LogP contribution in [-0.4, -0.2) is 19.2 Å². The molecule has 1 rings (SSSR count). The molecule has 0 aromatic carbocycles. The zero-order valence-corrected chi connectivity index (χ0v) is 7.01. The van der Waals surface area contributed by atoms with Crippen LogP contribution in [0.5, 0.6) is 0 Å². The molecule has 0 aliphatic carbocycles. The summed E-state index contributed by atoms with van der Waals surface area (Å²) >= 11 is 0. The fraction of sp³-hybridized carbons (Fsp3) is 0.625. The number of hydrogen-bond donors (Lipinski definition) is 0. The Morgan fingerprint density at radius 3 is 2.64 bits per heavy atom. The van der Waals surface area contributed by atoms with Gasteiger partial charge in [-0.25, -0.2) is 4.79 Å². The molecule has 1 unspecified atom stereocenters. The monoisotopic (exact) mass is 156 g/mol. The number of esters is 1. The van der Waals surface area contributed by atoms with E-state index in [0.717, 1.165) is 6.42 Å². The molecule has 3 heteroatoms. The van der Waals surface area contributed by atoms with E-state index in [1.54, 1.807) is 14.0 Å². The average Bonchev–Trinajstić information content (AvgIpc) is 2.28. The normalized spacial score (nSPS) is 23.9. The summed E-state index contributed by atoms with van der Waals surface area (Å²) < 4.78 is 10.0. The first-order valence-corrected chi connectivity index (χ1v) is 3.66. The summed E-state index contributed by atoms with van der Waals surface area (Å²) in [6.07, 6.45) is 0.610. The quantitative estimate of drug-likeness (QED) is 0.564. The van der Waals surface area contributed by atoms with Gasteiger partial charge in [-0.05, 0) is 13.3 Å². The molecular formula is C8H12O3. The maximum atomic E-state index is 11.0. The highest BCUT2D eigenvalue weighted by Crippen LogP contribution is 2.24. The molecule has 1 aliphatic heterocycles. The molecule has 3 nitrogen and oxygen atoms in total. The number of methoxy groups -OCH3 is 1. The van der Waals surface area contributed by atoms with Gasteiger partial charge in [-0.15, -0.1) is 0 Å². The van der Waals surface area contributed by atoms with Gasteiger partial charge in [0, 0.05) is 0 Å². The average molecular weight is 156 g/mol. The summed E-state index contributed by atoms with van der Waals surface area (Å²) in [7, 11) is 1.56. The maximum Gasteiger partial charge on any atom is 0.338 e. The Morgan fingerprint density at radius 2 is 2.27 bits per heavy atom. The summed E-state index contributed by atoms with van der Waals surface area (Å²) in [5.74, 6) is 0.422. The van der Waals surface area contributed by atoms with E-state index in [4.69, 9.17) is 9.47 Å². The van der Waals surface area contributed by atoms with Crippen LogP contribution in [0.25, 0.3) is 0 Å². The van der Waals surface area contributed by atoms with Crippen LogP contribution in [0.3, 0.4) is 0 Å². The summed E-state index contributed by atoms with van der Waals surface area (Å²) in [4.78, 5) is 11.0. The van der Waals surface area contributed by atoms with Crippen LogP contribution in [0.1, 0.15) is 20.3 Å². The Balaban J connectivity index is 2.86. The minimum absolute atomic E-state index is 0.160. The second-order valence-electron chi connectivity index (χ2n) is 2.50. The van der Waals surface area contributed by atoms with Crippen LogP contribution in [0.4, 0.5) is 0 Å². The molecule has 1 atom stereocenters. The van der Waals surface area contributed by atoms with E-state index in [-0.39, 0.29) is 12.1 Å². The molecule has 0 N–H and O–H groups in total. The van der Waals surface area contributed by atoms with Crippen molar-refractivity contribution in [2.75, 3.05) is 7.11 Å². The lowest BCUT2D eigenvalue weighted by Gasteiger charge is -2.09. The predicted molar refractivity (Wildman–Crippen MR) is 39.9 cm³/mol. The fourth-order valence-corrected chi connectivity index (χ4v) is 1.17. The predicted octanol–water partition coefficient (Wildman–Crippen LogP) is 1.24. The van der Waals surface area contributed by atoms with Crippen LogP contribution >= 0.6 is 0 Å². The highest BCUT2D eigenvalue weighted by atomic mass is 16.6. The van der Waals surface area contributed by atoms with E-state index in [1.165, 1.54) is 0 Å². The van der Waals surface area contributed by atoms with Crippen molar-refractivity contribution in [2.45, 2.75) is 26.4 Å². The minimum Gasteiger partial charge on any atom is -0.497 e. The summed E-state index contributed by atoms with van der Waals surface area (Å²) in [6, 6.07) is 0. The second-order valence-corrected chi connectivity index (χ2v) is 2.50. The van der Waals surface area contributed by atoms with Gasteiger partial charge in [0.1, 0.15) is 5.76 Å². The molecule has 0 amide bonds. The molecule has 0 saturated heterocycles. The van der Waals surface area contributed by atoms with E-state index in [1.807, 2.05) is 6.92 Å². The third-order valence-electron chi connectivity index (χ3n) is 1.81. The lowest BCUT2D eigenvalue weighted by Crippen LogP contribution is -2.10. The third kappa shape index (κ3) is 1.23. The van der Waals surface area contributed by atoms with Gasteiger partial charge in [-0.1, -0.05) is 6.92 Å². The second kappa shape index (κ2) is 2.95. The van der Waals surface area contributed by atoms with Crippen LogP contribution < -0.4 is 0 Å². The van der Waals surface area contributed by atoms with Crippen molar-refractivity contribution in [3.8, 4) is 0 Å². The van der Waals surface area contributed by atoms with Gasteiger partial charge in [0.15, 0.2) is 6.10 Å². The molecule has 0 fully saturated rings. The first-order chi connectivity index (χ1) is 5.20. The number of cyclic esters (lactones) is 1. The fourth-order valence-electron chi connectivity index (χ4n) is 1.17.